The van der Waals surface area contributed by atoms with Crippen molar-refractivity contribution in [1.82, 2.24) is 0 Å². The Morgan fingerprint density at radius 3 is 2.40 bits per heavy atom. The van der Waals surface area contributed by atoms with Crippen molar-refractivity contribution in [2.24, 2.45) is 0 Å². The molecule has 0 saturated heterocycles. The summed E-state index contributed by atoms with van der Waals surface area (Å²) >= 11 is 6.48. The van der Waals surface area contributed by atoms with Gasteiger partial charge in [-0.25, -0.2) is 0 Å². The van der Waals surface area contributed by atoms with Gasteiger partial charge >= 0.3 is 0 Å². The first-order valence-electron chi connectivity index (χ1n) is 9.74. The summed E-state index contributed by atoms with van der Waals surface area (Å²) in [6, 6.07) is 18.5. The van der Waals surface area contributed by atoms with E-state index in [0.29, 0.717) is 21.8 Å². The largest absolute Gasteiger partial charge is 0.397 e. The highest BCUT2D eigenvalue weighted by Crippen LogP contribution is 2.28. The highest BCUT2D eigenvalue weighted by atomic mass is 35.5. The van der Waals surface area contributed by atoms with Gasteiger partial charge in [-0.05, 0) is 55.0 Å². The van der Waals surface area contributed by atoms with Crippen molar-refractivity contribution in [1.29, 1.82) is 0 Å². The lowest BCUT2D eigenvalue weighted by molar-refractivity contribution is 0.103. The lowest BCUT2D eigenvalue weighted by atomic mass is 9.97. The lowest BCUT2D eigenvalue weighted by Gasteiger charge is -2.12. The molecule has 30 heavy (non-hydrogen) atoms. The van der Waals surface area contributed by atoms with Crippen molar-refractivity contribution >= 4 is 42.5 Å². The monoisotopic (exact) mass is 432 g/mol. The number of nitrogens with two attached hydrogens (primary N) is 1. The molecular formula is C25H25ClN2OSi. The number of nitrogen functional groups attached to an aromatic ring is 1. The molecule has 0 aliphatic carbocycles. The van der Waals surface area contributed by atoms with Gasteiger partial charge in [0, 0.05) is 22.4 Å². The zero-order valence-corrected chi connectivity index (χ0v) is 19.4. The Kier molecular flexibility index (Phi) is 6.36. The molecule has 0 saturated carbocycles. The first-order valence-corrected chi connectivity index (χ1v) is 13.6. The molecule has 152 valence electrons. The van der Waals surface area contributed by atoms with E-state index in [2.05, 4.69) is 36.4 Å². The van der Waals surface area contributed by atoms with Gasteiger partial charge in [0.25, 0.3) is 0 Å². The zero-order valence-electron chi connectivity index (χ0n) is 17.6. The maximum absolute atomic E-state index is 13.2. The van der Waals surface area contributed by atoms with E-state index in [1.165, 1.54) is 0 Å². The molecule has 3 nitrogen and oxygen atoms in total. The smallest absolute Gasteiger partial charge is 0.194 e. The molecule has 0 aliphatic rings. The summed E-state index contributed by atoms with van der Waals surface area (Å²) in [4.78, 5) is 13.2. The molecule has 0 spiro atoms. The number of halogens is 1. The van der Waals surface area contributed by atoms with E-state index < -0.39 is 8.07 Å². The molecule has 0 aliphatic heterocycles. The van der Waals surface area contributed by atoms with E-state index in [1.807, 2.05) is 55.5 Å². The van der Waals surface area contributed by atoms with Crippen LogP contribution in [-0.4, -0.2) is 13.9 Å². The van der Waals surface area contributed by atoms with Crippen LogP contribution in [-0.2, 0) is 0 Å². The van der Waals surface area contributed by atoms with E-state index in [4.69, 9.17) is 17.3 Å². The van der Waals surface area contributed by atoms with Crippen LogP contribution in [0.2, 0.25) is 24.7 Å². The van der Waals surface area contributed by atoms with Gasteiger partial charge in [-0.1, -0.05) is 55.4 Å². The number of hydrogen-bond acceptors (Lipinski definition) is 3. The molecule has 0 unspecified atom stereocenters. The molecule has 0 fully saturated rings. The fourth-order valence-electron chi connectivity index (χ4n) is 2.89. The van der Waals surface area contributed by atoms with Crippen LogP contribution in [0.4, 0.5) is 17.1 Å². The predicted octanol–water partition coefficient (Wildman–Crippen LogP) is 6.43. The van der Waals surface area contributed by atoms with Gasteiger partial charge in [-0.3, -0.25) is 4.79 Å². The Balaban J connectivity index is 1.90. The number of carbonyl (C=O) groups is 1. The van der Waals surface area contributed by atoms with Crippen LogP contribution in [0.1, 0.15) is 27.0 Å². The molecule has 0 amide bonds. The van der Waals surface area contributed by atoms with Crippen LogP contribution in [0.15, 0.2) is 60.7 Å². The number of benzene rings is 3. The summed E-state index contributed by atoms with van der Waals surface area (Å²) in [6.45, 7) is 8.50. The van der Waals surface area contributed by atoms with E-state index in [9.17, 15) is 4.79 Å². The van der Waals surface area contributed by atoms with Crippen LogP contribution in [0, 0.1) is 18.4 Å². The van der Waals surface area contributed by atoms with Gasteiger partial charge in [0.1, 0.15) is 8.07 Å². The minimum atomic E-state index is -1.50. The van der Waals surface area contributed by atoms with Gasteiger partial charge in [-0.15, -0.1) is 5.54 Å². The van der Waals surface area contributed by atoms with Crippen LogP contribution < -0.4 is 11.1 Å². The van der Waals surface area contributed by atoms with Crippen molar-refractivity contribution in [3.63, 3.8) is 0 Å². The highest BCUT2D eigenvalue weighted by molar-refractivity contribution is 6.83. The second-order valence-corrected chi connectivity index (χ2v) is 13.4. The Bertz CT molecular complexity index is 1170. The normalized spacial score (nSPS) is 10.8. The average molecular weight is 433 g/mol. The molecule has 0 radical (unpaired) electrons. The predicted molar refractivity (Wildman–Crippen MR) is 130 cm³/mol. The molecule has 0 aromatic heterocycles. The van der Waals surface area contributed by atoms with Crippen molar-refractivity contribution in [2.75, 3.05) is 11.1 Å². The van der Waals surface area contributed by atoms with Crippen LogP contribution in [0.3, 0.4) is 0 Å². The highest BCUT2D eigenvalue weighted by Gasteiger charge is 2.16. The number of nitrogens with one attached hydrogen (secondary N) is 1. The van der Waals surface area contributed by atoms with E-state index in [-0.39, 0.29) is 5.78 Å². The zero-order chi connectivity index (χ0) is 21.9. The van der Waals surface area contributed by atoms with Crippen LogP contribution in [0.5, 0.6) is 0 Å². The van der Waals surface area contributed by atoms with Gasteiger partial charge in [-0.2, -0.15) is 0 Å². The molecule has 5 heteroatoms. The maximum atomic E-state index is 13.2. The van der Waals surface area contributed by atoms with E-state index >= 15 is 0 Å². The van der Waals surface area contributed by atoms with Crippen LogP contribution >= 0.6 is 11.6 Å². The third-order valence-corrected chi connectivity index (χ3v) is 5.71. The number of aryl methyl sites for hydroxylation is 1. The van der Waals surface area contributed by atoms with Crippen molar-refractivity contribution < 1.29 is 4.79 Å². The molecule has 3 rings (SSSR count). The SMILES string of the molecule is Cc1ccc(C#C[Si](C)(C)C)cc1C(=O)c1ccc(Nc2ccccc2N)cc1Cl. The molecular weight excluding hydrogens is 408 g/mol. The molecule has 0 bridgehead atoms. The Morgan fingerprint density at radius 1 is 1.00 bits per heavy atom. The van der Waals surface area contributed by atoms with Gasteiger partial charge in [0.05, 0.1) is 16.4 Å². The quantitative estimate of drug-likeness (QED) is 0.216. The van der Waals surface area contributed by atoms with Gasteiger partial charge in [0.15, 0.2) is 5.78 Å². The lowest BCUT2D eigenvalue weighted by Crippen LogP contribution is -2.16. The first kappa shape index (κ1) is 21.7. The minimum absolute atomic E-state index is 0.111. The standard InChI is InChI=1S/C25H25ClN2OSi/c1-17-9-10-18(13-14-30(2,3)4)15-21(17)25(29)20-12-11-19(16-22(20)26)28-24-8-6-5-7-23(24)27/h5-12,15-16,28H,27H2,1-4H3. The first-order chi connectivity index (χ1) is 14.1. The summed E-state index contributed by atoms with van der Waals surface area (Å²) < 4.78 is 0. The molecule has 0 heterocycles. The second-order valence-electron chi connectivity index (χ2n) is 8.27. The van der Waals surface area contributed by atoms with Crippen molar-refractivity contribution in [3.05, 3.63) is 87.9 Å². The third kappa shape index (κ3) is 5.32. The number of anilines is 3. The van der Waals surface area contributed by atoms with Crippen molar-refractivity contribution in [3.8, 4) is 11.5 Å². The Labute approximate surface area is 184 Å². The number of ketones is 1. The molecule has 0 atom stereocenters. The van der Waals surface area contributed by atoms with E-state index in [0.717, 1.165) is 22.5 Å². The topological polar surface area (TPSA) is 55.1 Å². The minimum Gasteiger partial charge on any atom is -0.397 e. The number of hydrogen-bond donors (Lipinski definition) is 2. The summed E-state index contributed by atoms with van der Waals surface area (Å²) in [5, 5.41) is 3.62. The molecule has 3 aromatic rings. The fourth-order valence-corrected chi connectivity index (χ4v) is 3.68. The fraction of sp³-hybridized carbons (Fsp3) is 0.160. The summed E-state index contributed by atoms with van der Waals surface area (Å²) in [7, 11) is -1.50. The Morgan fingerprint density at radius 2 is 1.73 bits per heavy atom. The van der Waals surface area contributed by atoms with Crippen molar-refractivity contribution in [2.45, 2.75) is 26.6 Å². The summed E-state index contributed by atoms with van der Waals surface area (Å²) in [5.74, 6) is 3.11. The number of para-hydroxylation sites is 2. The Hall–Kier alpha value is -3.00. The third-order valence-electron chi connectivity index (χ3n) is 4.52. The van der Waals surface area contributed by atoms with Gasteiger partial charge < -0.3 is 11.1 Å². The molecule has 3 N–H and O–H groups in total. The van der Waals surface area contributed by atoms with Gasteiger partial charge in [0.2, 0.25) is 0 Å². The number of rotatable bonds is 4. The maximum Gasteiger partial charge on any atom is 0.194 e. The number of carbonyl (C=O) groups excluding carboxylic acids is 1. The average Bonchev–Trinajstić information content (AvgIpc) is 2.68. The summed E-state index contributed by atoms with van der Waals surface area (Å²) in [6.07, 6.45) is 0. The molecule has 3 aromatic carbocycles. The van der Waals surface area contributed by atoms with E-state index in [1.54, 1.807) is 12.1 Å². The van der Waals surface area contributed by atoms with Crippen LogP contribution in [0.25, 0.3) is 0 Å². The second kappa shape index (κ2) is 8.79. The summed E-state index contributed by atoms with van der Waals surface area (Å²) in [5.41, 5.74) is 14.3.